The summed E-state index contributed by atoms with van der Waals surface area (Å²) in [7, 11) is 0. The van der Waals surface area contributed by atoms with Gasteiger partial charge in [-0.1, -0.05) is 48.0 Å². The van der Waals surface area contributed by atoms with E-state index in [0.29, 0.717) is 5.41 Å². The lowest BCUT2D eigenvalue weighted by atomic mass is 9.54. The molecular formula is C15H30. The van der Waals surface area contributed by atoms with Gasteiger partial charge in [0.1, 0.15) is 0 Å². The Morgan fingerprint density at radius 3 is 2.13 bits per heavy atom. The van der Waals surface area contributed by atoms with Crippen LogP contribution in [0.25, 0.3) is 0 Å². The topological polar surface area (TPSA) is 0 Å². The van der Waals surface area contributed by atoms with Crippen molar-refractivity contribution >= 4 is 0 Å². The standard InChI is InChI=1S/C15H30/c1-7-15(12(4)5)10-13(6)8-9-14(15)11(2)3/h11-14H,7-10H2,1-6H3. The van der Waals surface area contributed by atoms with Crippen LogP contribution in [0, 0.1) is 29.1 Å². The van der Waals surface area contributed by atoms with Gasteiger partial charge in [0.15, 0.2) is 0 Å². The number of hydrogen-bond donors (Lipinski definition) is 0. The van der Waals surface area contributed by atoms with Crippen LogP contribution in [0.4, 0.5) is 0 Å². The summed E-state index contributed by atoms with van der Waals surface area (Å²) in [6, 6.07) is 0. The molecule has 0 heteroatoms. The molecule has 0 aromatic rings. The van der Waals surface area contributed by atoms with Gasteiger partial charge in [-0.15, -0.1) is 0 Å². The van der Waals surface area contributed by atoms with Crippen LogP contribution in [0.5, 0.6) is 0 Å². The number of hydrogen-bond acceptors (Lipinski definition) is 0. The van der Waals surface area contributed by atoms with Crippen molar-refractivity contribution in [3.8, 4) is 0 Å². The smallest absolute Gasteiger partial charge is 0.0244 e. The quantitative estimate of drug-likeness (QED) is 0.605. The molecular weight excluding hydrogens is 180 g/mol. The predicted molar refractivity (Wildman–Crippen MR) is 68.9 cm³/mol. The van der Waals surface area contributed by atoms with Crippen molar-refractivity contribution in [2.24, 2.45) is 29.1 Å². The lowest BCUT2D eigenvalue weighted by Gasteiger charge is -2.51. The van der Waals surface area contributed by atoms with E-state index in [0.717, 1.165) is 23.7 Å². The second kappa shape index (κ2) is 4.89. The molecule has 3 atom stereocenters. The molecule has 0 nitrogen and oxygen atoms in total. The first kappa shape index (κ1) is 13.1. The maximum Gasteiger partial charge on any atom is -0.0244 e. The van der Waals surface area contributed by atoms with Crippen molar-refractivity contribution in [2.45, 2.75) is 67.2 Å². The van der Waals surface area contributed by atoms with Crippen molar-refractivity contribution < 1.29 is 0 Å². The maximum atomic E-state index is 2.45. The third-order valence-corrected chi connectivity index (χ3v) is 5.05. The van der Waals surface area contributed by atoms with Crippen LogP contribution in [-0.4, -0.2) is 0 Å². The molecule has 0 saturated heterocycles. The van der Waals surface area contributed by atoms with E-state index in [1.165, 1.54) is 25.7 Å². The van der Waals surface area contributed by atoms with Crippen molar-refractivity contribution in [3.63, 3.8) is 0 Å². The zero-order chi connectivity index (χ0) is 11.6. The van der Waals surface area contributed by atoms with Gasteiger partial charge < -0.3 is 0 Å². The molecule has 0 heterocycles. The van der Waals surface area contributed by atoms with Gasteiger partial charge in [-0.3, -0.25) is 0 Å². The van der Waals surface area contributed by atoms with Gasteiger partial charge in [0.25, 0.3) is 0 Å². The van der Waals surface area contributed by atoms with Gasteiger partial charge in [-0.2, -0.15) is 0 Å². The molecule has 0 aromatic heterocycles. The van der Waals surface area contributed by atoms with Crippen LogP contribution >= 0.6 is 0 Å². The van der Waals surface area contributed by atoms with Crippen LogP contribution in [0.2, 0.25) is 0 Å². The third kappa shape index (κ3) is 2.40. The summed E-state index contributed by atoms with van der Waals surface area (Å²) >= 11 is 0. The summed E-state index contributed by atoms with van der Waals surface area (Å²) in [4.78, 5) is 0. The molecule has 15 heavy (non-hydrogen) atoms. The van der Waals surface area contributed by atoms with E-state index >= 15 is 0 Å². The Morgan fingerprint density at radius 1 is 1.13 bits per heavy atom. The minimum absolute atomic E-state index is 0.631. The van der Waals surface area contributed by atoms with Crippen LogP contribution in [0.1, 0.15) is 67.2 Å². The molecule has 1 saturated carbocycles. The summed E-state index contributed by atoms with van der Waals surface area (Å²) in [5.41, 5.74) is 0.631. The largest absolute Gasteiger partial charge is 0.0648 e. The van der Waals surface area contributed by atoms with E-state index in [2.05, 4.69) is 41.5 Å². The highest BCUT2D eigenvalue weighted by Gasteiger charge is 2.44. The summed E-state index contributed by atoms with van der Waals surface area (Å²) in [5, 5.41) is 0. The monoisotopic (exact) mass is 210 g/mol. The highest BCUT2D eigenvalue weighted by atomic mass is 14.5. The average molecular weight is 210 g/mol. The van der Waals surface area contributed by atoms with E-state index in [9.17, 15) is 0 Å². The first-order valence-electron chi connectivity index (χ1n) is 6.94. The normalized spacial score (nSPS) is 37.6. The van der Waals surface area contributed by atoms with Gasteiger partial charge in [-0.25, -0.2) is 0 Å². The highest BCUT2D eigenvalue weighted by Crippen LogP contribution is 2.53. The first-order valence-corrected chi connectivity index (χ1v) is 6.94. The predicted octanol–water partition coefficient (Wildman–Crippen LogP) is 5.13. The Bertz CT molecular complexity index is 192. The highest BCUT2D eigenvalue weighted by molar-refractivity contribution is 4.94. The van der Waals surface area contributed by atoms with E-state index in [-0.39, 0.29) is 0 Å². The summed E-state index contributed by atoms with van der Waals surface area (Å²) in [6.45, 7) is 14.6. The fourth-order valence-electron chi connectivity index (χ4n) is 4.13. The lowest BCUT2D eigenvalue weighted by Crippen LogP contribution is -2.42. The Hall–Kier alpha value is 0. The molecule has 0 spiro atoms. The van der Waals surface area contributed by atoms with Crippen molar-refractivity contribution in [3.05, 3.63) is 0 Å². The Morgan fingerprint density at radius 2 is 1.73 bits per heavy atom. The molecule has 0 N–H and O–H groups in total. The summed E-state index contributed by atoms with van der Waals surface area (Å²) in [6.07, 6.45) is 5.75. The zero-order valence-electron chi connectivity index (χ0n) is 11.6. The minimum atomic E-state index is 0.631. The summed E-state index contributed by atoms with van der Waals surface area (Å²) in [5.74, 6) is 3.61. The molecule has 3 unspecified atom stereocenters. The maximum absolute atomic E-state index is 2.45. The fraction of sp³-hybridized carbons (Fsp3) is 1.00. The molecule has 0 aliphatic heterocycles. The molecule has 0 radical (unpaired) electrons. The van der Waals surface area contributed by atoms with Crippen LogP contribution in [0.3, 0.4) is 0 Å². The van der Waals surface area contributed by atoms with Gasteiger partial charge in [0, 0.05) is 0 Å². The Balaban J connectivity index is 2.93. The molecule has 1 aliphatic rings. The molecule has 0 aromatic carbocycles. The van der Waals surface area contributed by atoms with Crippen LogP contribution in [-0.2, 0) is 0 Å². The fourth-order valence-corrected chi connectivity index (χ4v) is 4.13. The summed E-state index contributed by atoms with van der Waals surface area (Å²) < 4.78 is 0. The van der Waals surface area contributed by atoms with E-state index in [1.807, 2.05) is 0 Å². The van der Waals surface area contributed by atoms with Crippen LogP contribution < -0.4 is 0 Å². The van der Waals surface area contributed by atoms with E-state index in [1.54, 1.807) is 0 Å². The Labute approximate surface area is 96.8 Å². The minimum Gasteiger partial charge on any atom is -0.0648 e. The molecule has 1 fully saturated rings. The van der Waals surface area contributed by atoms with Crippen LogP contribution in [0.15, 0.2) is 0 Å². The molecule has 0 bridgehead atoms. The van der Waals surface area contributed by atoms with Gasteiger partial charge >= 0.3 is 0 Å². The average Bonchev–Trinajstić information content (AvgIpc) is 2.16. The van der Waals surface area contributed by atoms with Gasteiger partial charge in [-0.05, 0) is 48.3 Å². The second-order valence-corrected chi connectivity index (χ2v) is 6.48. The van der Waals surface area contributed by atoms with Crippen molar-refractivity contribution in [2.75, 3.05) is 0 Å². The van der Waals surface area contributed by atoms with Gasteiger partial charge in [0.2, 0.25) is 0 Å². The van der Waals surface area contributed by atoms with E-state index < -0.39 is 0 Å². The molecule has 1 rings (SSSR count). The van der Waals surface area contributed by atoms with Gasteiger partial charge in [0.05, 0.1) is 0 Å². The zero-order valence-corrected chi connectivity index (χ0v) is 11.6. The molecule has 90 valence electrons. The SMILES string of the molecule is CCC1(C(C)C)CC(C)CCC1C(C)C. The van der Waals surface area contributed by atoms with Crippen molar-refractivity contribution in [1.82, 2.24) is 0 Å². The van der Waals surface area contributed by atoms with Crippen molar-refractivity contribution in [1.29, 1.82) is 0 Å². The number of rotatable bonds is 3. The third-order valence-electron chi connectivity index (χ3n) is 5.05. The molecule has 0 amide bonds. The first-order chi connectivity index (χ1) is 6.94. The lowest BCUT2D eigenvalue weighted by molar-refractivity contribution is -0.0136. The molecule has 1 aliphatic carbocycles. The van der Waals surface area contributed by atoms with E-state index in [4.69, 9.17) is 0 Å². The Kier molecular flexibility index (Phi) is 4.26. The second-order valence-electron chi connectivity index (χ2n) is 6.48.